The van der Waals surface area contributed by atoms with Crippen LogP contribution in [0.5, 0.6) is 0 Å². The fraction of sp³-hybridized carbons (Fsp3) is 0. The SMILES string of the molecule is Brc1ccc(N(c2ccccc2)c2cccc(-c3cccnc3)c2)cc1. The van der Waals surface area contributed by atoms with E-state index in [9.17, 15) is 0 Å². The molecule has 3 aromatic carbocycles. The molecule has 3 heteroatoms. The van der Waals surface area contributed by atoms with Crippen LogP contribution >= 0.6 is 15.9 Å². The zero-order chi connectivity index (χ0) is 17.8. The van der Waals surface area contributed by atoms with Crippen molar-refractivity contribution in [1.82, 2.24) is 4.98 Å². The molecule has 0 aliphatic heterocycles. The molecule has 0 aliphatic rings. The van der Waals surface area contributed by atoms with Crippen LogP contribution in [0.2, 0.25) is 0 Å². The summed E-state index contributed by atoms with van der Waals surface area (Å²) in [5.74, 6) is 0. The molecule has 0 saturated heterocycles. The lowest BCUT2D eigenvalue weighted by Gasteiger charge is -2.26. The zero-order valence-corrected chi connectivity index (χ0v) is 15.7. The molecular weight excluding hydrogens is 384 g/mol. The van der Waals surface area contributed by atoms with Crippen molar-refractivity contribution in [2.45, 2.75) is 0 Å². The van der Waals surface area contributed by atoms with Crippen LogP contribution in [0.4, 0.5) is 17.1 Å². The van der Waals surface area contributed by atoms with E-state index >= 15 is 0 Å². The van der Waals surface area contributed by atoms with Crippen molar-refractivity contribution in [1.29, 1.82) is 0 Å². The number of rotatable bonds is 4. The molecule has 0 aliphatic carbocycles. The highest BCUT2D eigenvalue weighted by molar-refractivity contribution is 9.10. The predicted octanol–water partition coefficient (Wildman–Crippen LogP) is 6.98. The first kappa shape index (κ1) is 16.6. The minimum atomic E-state index is 1.07. The molecular formula is C23H17BrN2. The lowest BCUT2D eigenvalue weighted by Crippen LogP contribution is -2.09. The maximum Gasteiger partial charge on any atom is 0.0467 e. The van der Waals surface area contributed by atoms with Crippen LogP contribution < -0.4 is 4.90 Å². The number of anilines is 3. The van der Waals surface area contributed by atoms with Gasteiger partial charge in [-0.15, -0.1) is 0 Å². The van der Waals surface area contributed by atoms with Crippen molar-refractivity contribution in [3.8, 4) is 11.1 Å². The van der Waals surface area contributed by atoms with Gasteiger partial charge in [0.05, 0.1) is 0 Å². The third kappa shape index (κ3) is 3.53. The van der Waals surface area contributed by atoms with E-state index in [4.69, 9.17) is 0 Å². The third-order valence-corrected chi connectivity index (χ3v) is 4.73. The van der Waals surface area contributed by atoms with Gasteiger partial charge in [-0.05, 0) is 60.2 Å². The van der Waals surface area contributed by atoms with E-state index in [2.05, 4.69) is 105 Å². The summed E-state index contributed by atoms with van der Waals surface area (Å²) in [5, 5.41) is 0. The van der Waals surface area contributed by atoms with Crippen LogP contribution in [0.3, 0.4) is 0 Å². The van der Waals surface area contributed by atoms with Crippen LogP contribution in [0, 0.1) is 0 Å². The van der Waals surface area contributed by atoms with Gasteiger partial charge in [0.15, 0.2) is 0 Å². The van der Waals surface area contributed by atoms with E-state index in [0.717, 1.165) is 32.7 Å². The van der Waals surface area contributed by atoms with Crippen molar-refractivity contribution in [3.63, 3.8) is 0 Å². The quantitative estimate of drug-likeness (QED) is 0.367. The second-order valence-corrected chi connectivity index (χ2v) is 6.86. The summed E-state index contributed by atoms with van der Waals surface area (Å²) in [4.78, 5) is 6.50. The zero-order valence-electron chi connectivity index (χ0n) is 14.1. The van der Waals surface area contributed by atoms with Gasteiger partial charge in [-0.3, -0.25) is 4.98 Å². The van der Waals surface area contributed by atoms with Crippen molar-refractivity contribution in [3.05, 3.63) is 108 Å². The van der Waals surface area contributed by atoms with Crippen LogP contribution in [-0.4, -0.2) is 4.98 Å². The number of nitrogens with zero attached hydrogens (tertiary/aromatic N) is 2. The van der Waals surface area contributed by atoms with E-state index in [1.54, 1.807) is 6.20 Å². The second kappa shape index (κ2) is 7.54. The Morgan fingerprint density at radius 3 is 2.04 bits per heavy atom. The highest BCUT2D eigenvalue weighted by Gasteiger charge is 2.12. The van der Waals surface area contributed by atoms with Crippen molar-refractivity contribution in [2.75, 3.05) is 4.90 Å². The van der Waals surface area contributed by atoms with Gasteiger partial charge >= 0.3 is 0 Å². The van der Waals surface area contributed by atoms with Gasteiger partial charge in [-0.25, -0.2) is 0 Å². The molecule has 0 bridgehead atoms. The molecule has 4 rings (SSSR count). The van der Waals surface area contributed by atoms with Gasteiger partial charge in [-0.1, -0.05) is 52.3 Å². The summed E-state index contributed by atoms with van der Waals surface area (Å²) in [6.07, 6.45) is 3.69. The Labute approximate surface area is 161 Å². The summed E-state index contributed by atoms with van der Waals surface area (Å²) in [5.41, 5.74) is 5.60. The van der Waals surface area contributed by atoms with Gasteiger partial charge < -0.3 is 4.90 Å². The Hall–Kier alpha value is -2.91. The molecule has 2 nitrogen and oxygen atoms in total. The van der Waals surface area contributed by atoms with E-state index in [1.807, 2.05) is 18.3 Å². The Bertz CT molecular complexity index is 983. The lowest BCUT2D eigenvalue weighted by atomic mass is 10.1. The molecule has 0 spiro atoms. The minimum Gasteiger partial charge on any atom is -0.310 e. The third-order valence-electron chi connectivity index (χ3n) is 4.20. The molecule has 1 aromatic heterocycles. The van der Waals surface area contributed by atoms with Gasteiger partial charge in [0, 0.05) is 39.5 Å². The second-order valence-electron chi connectivity index (χ2n) is 5.94. The number of benzene rings is 3. The smallest absolute Gasteiger partial charge is 0.0467 e. The average Bonchev–Trinajstić information content (AvgIpc) is 2.71. The number of hydrogen-bond donors (Lipinski definition) is 0. The number of para-hydroxylation sites is 1. The fourth-order valence-electron chi connectivity index (χ4n) is 2.97. The Balaban J connectivity index is 1.83. The first-order chi connectivity index (χ1) is 12.8. The van der Waals surface area contributed by atoms with Crippen molar-refractivity contribution in [2.24, 2.45) is 0 Å². The van der Waals surface area contributed by atoms with Gasteiger partial charge in [0.25, 0.3) is 0 Å². The monoisotopic (exact) mass is 400 g/mol. The molecule has 0 saturated carbocycles. The fourth-order valence-corrected chi connectivity index (χ4v) is 3.24. The standard InChI is InChI=1S/C23H17BrN2/c24-20-11-13-22(14-12-20)26(21-8-2-1-3-9-21)23-10-4-6-18(16-23)19-7-5-15-25-17-19/h1-17H. The Kier molecular flexibility index (Phi) is 4.80. The van der Waals surface area contributed by atoms with Crippen molar-refractivity contribution < 1.29 is 0 Å². The largest absolute Gasteiger partial charge is 0.310 e. The molecule has 0 amide bonds. The maximum absolute atomic E-state index is 4.24. The molecule has 0 N–H and O–H groups in total. The summed E-state index contributed by atoms with van der Waals surface area (Å²) >= 11 is 3.52. The van der Waals surface area contributed by atoms with Crippen LogP contribution in [0.1, 0.15) is 0 Å². The van der Waals surface area contributed by atoms with Gasteiger partial charge in [0.1, 0.15) is 0 Å². The van der Waals surface area contributed by atoms with E-state index < -0.39 is 0 Å². The van der Waals surface area contributed by atoms with Crippen LogP contribution in [0.15, 0.2) is 108 Å². The van der Waals surface area contributed by atoms with Gasteiger partial charge in [-0.2, -0.15) is 0 Å². The summed E-state index contributed by atoms with van der Waals surface area (Å²) in [6.45, 7) is 0. The molecule has 4 aromatic rings. The number of aromatic nitrogens is 1. The molecule has 1 heterocycles. The van der Waals surface area contributed by atoms with Crippen LogP contribution in [0.25, 0.3) is 11.1 Å². The Morgan fingerprint density at radius 2 is 1.31 bits per heavy atom. The topological polar surface area (TPSA) is 16.1 Å². The predicted molar refractivity (Wildman–Crippen MR) is 112 cm³/mol. The summed E-state index contributed by atoms with van der Waals surface area (Å²) < 4.78 is 1.07. The molecule has 0 radical (unpaired) electrons. The van der Waals surface area contributed by atoms with Gasteiger partial charge in [0.2, 0.25) is 0 Å². The molecule has 0 fully saturated rings. The van der Waals surface area contributed by atoms with E-state index in [-0.39, 0.29) is 0 Å². The highest BCUT2D eigenvalue weighted by Crippen LogP contribution is 2.36. The first-order valence-electron chi connectivity index (χ1n) is 8.42. The average molecular weight is 401 g/mol. The lowest BCUT2D eigenvalue weighted by molar-refractivity contribution is 1.28. The van der Waals surface area contributed by atoms with Crippen LogP contribution in [-0.2, 0) is 0 Å². The first-order valence-corrected chi connectivity index (χ1v) is 9.22. The normalized spacial score (nSPS) is 10.5. The van der Waals surface area contributed by atoms with Crippen molar-refractivity contribution >= 4 is 33.0 Å². The summed E-state index contributed by atoms with van der Waals surface area (Å²) in [6, 6.07) is 31.4. The summed E-state index contributed by atoms with van der Waals surface area (Å²) in [7, 11) is 0. The molecule has 0 atom stereocenters. The molecule has 0 unspecified atom stereocenters. The maximum atomic E-state index is 4.24. The number of hydrogen-bond acceptors (Lipinski definition) is 2. The minimum absolute atomic E-state index is 1.07. The van der Waals surface area contributed by atoms with E-state index in [0.29, 0.717) is 0 Å². The molecule has 126 valence electrons. The molecule has 26 heavy (non-hydrogen) atoms. The number of halogens is 1. The van der Waals surface area contributed by atoms with E-state index in [1.165, 1.54) is 0 Å². The Morgan fingerprint density at radius 1 is 0.615 bits per heavy atom. The number of pyridine rings is 1. The highest BCUT2D eigenvalue weighted by atomic mass is 79.9.